The number of furan rings is 1. The molecule has 19 heavy (non-hydrogen) atoms. The molecule has 1 aromatic heterocycles. The van der Waals surface area contributed by atoms with Crippen LogP contribution in [-0.4, -0.2) is 11.7 Å². The van der Waals surface area contributed by atoms with Crippen LogP contribution in [0.15, 0.2) is 16.5 Å². The predicted octanol–water partition coefficient (Wildman–Crippen LogP) is 3.41. The third-order valence-corrected chi connectivity index (χ3v) is 4.99. The summed E-state index contributed by atoms with van der Waals surface area (Å²) < 4.78 is 5.59. The number of aliphatic hydroxyl groups is 1. The molecule has 1 unspecified atom stereocenters. The zero-order valence-corrected chi connectivity index (χ0v) is 12.4. The number of aliphatic hydroxyl groups excluding tert-OH is 1. The maximum Gasteiger partial charge on any atom is 0.133 e. The fourth-order valence-corrected chi connectivity index (χ4v) is 3.37. The van der Waals surface area contributed by atoms with Gasteiger partial charge in [0.25, 0.3) is 0 Å². The van der Waals surface area contributed by atoms with Gasteiger partial charge >= 0.3 is 0 Å². The van der Waals surface area contributed by atoms with Crippen molar-refractivity contribution in [2.24, 2.45) is 23.0 Å². The molecule has 0 saturated heterocycles. The van der Waals surface area contributed by atoms with Crippen LogP contribution in [-0.2, 0) is 0 Å². The molecule has 3 N–H and O–H groups in total. The van der Waals surface area contributed by atoms with Crippen LogP contribution in [0.25, 0.3) is 0 Å². The Balaban J connectivity index is 2.11. The van der Waals surface area contributed by atoms with Crippen LogP contribution < -0.4 is 5.73 Å². The van der Waals surface area contributed by atoms with Crippen LogP contribution in [0, 0.1) is 24.2 Å². The van der Waals surface area contributed by atoms with Gasteiger partial charge in [-0.15, -0.1) is 0 Å². The smallest absolute Gasteiger partial charge is 0.133 e. The van der Waals surface area contributed by atoms with Gasteiger partial charge in [-0.05, 0) is 56.6 Å². The Hall–Kier alpha value is -0.800. The Morgan fingerprint density at radius 2 is 2.00 bits per heavy atom. The SMILES string of the molecule is Cc1ccc(C(O)C2(CN)CCC(C(C)C)CC2)o1. The zero-order valence-electron chi connectivity index (χ0n) is 12.4. The molecule has 0 aliphatic heterocycles. The van der Waals surface area contributed by atoms with Gasteiger partial charge in [0.15, 0.2) is 0 Å². The van der Waals surface area contributed by atoms with E-state index in [4.69, 9.17) is 10.2 Å². The van der Waals surface area contributed by atoms with Gasteiger partial charge in [-0.25, -0.2) is 0 Å². The van der Waals surface area contributed by atoms with Crippen molar-refractivity contribution in [3.63, 3.8) is 0 Å². The van der Waals surface area contributed by atoms with Gasteiger partial charge in [0.2, 0.25) is 0 Å². The van der Waals surface area contributed by atoms with E-state index >= 15 is 0 Å². The van der Waals surface area contributed by atoms with Gasteiger partial charge in [0, 0.05) is 12.0 Å². The Morgan fingerprint density at radius 3 is 2.42 bits per heavy atom. The van der Waals surface area contributed by atoms with Gasteiger partial charge in [-0.1, -0.05) is 13.8 Å². The molecule has 1 aliphatic rings. The van der Waals surface area contributed by atoms with Crippen molar-refractivity contribution >= 4 is 0 Å². The average Bonchev–Trinajstić information content (AvgIpc) is 2.84. The summed E-state index contributed by atoms with van der Waals surface area (Å²) in [7, 11) is 0. The van der Waals surface area contributed by atoms with E-state index < -0.39 is 6.10 Å². The molecule has 1 saturated carbocycles. The van der Waals surface area contributed by atoms with Crippen molar-refractivity contribution < 1.29 is 9.52 Å². The lowest BCUT2D eigenvalue weighted by Crippen LogP contribution is -2.40. The molecular formula is C16H27NO2. The summed E-state index contributed by atoms with van der Waals surface area (Å²) in [5.74, 6) is 3.01. The van der Waals surface area contributed by atoms with Crippen molar-refractivity contribution in [1.29, 1.82) is 0 Å². The molecule has 0 radical (unpaired) electrons. The van der Waals surface area contributed by atoms with E-state index in [1.54, 1.807) is 0 Å². The Labute approximate surface area is 116 Å². The molecular weight excluding hydrogens is 238 g/mol. The Bertz CT molecular complexity index is 403. The highest BCUT2D eigenvalue weighted by Crippen LogP contribution is 2.48. The molecule has 3 heteroatoms. The second-order valence-corrected chi connectivity index (χ2v) is 6.50. The van der Waals surface area contributed by atoms with Gasteiger partial charge in [-0.2, -0.15) is 0 Å². The fraction of sp³-hybridized carbons (Fsp3) is 0.750. The van der Waals surface area contributed by atoms with Crippen molar-refractivity contribution in [2.75, 3.05) is 6.54 Å². The van der Waals surface area contributed by atoms with Crippen molar-refractivity contribution in [2.45, 2.75) is 52.6 Å². The monoisotopic (exact) mass is 265 g/mol. The minimum absolute atomic E-state index is 0.199. The van der Waals surface area contributed by atoms with Crippen molar-refractivity contribution in [3.05, 3.63) is 23.7 Å². The van der Waals surface area contributed by atoms with Gasteiger partial charge in [0.1, 0.15) is 17.6 Å². The first kappa shape index (κ1) is 14.6. The minimum Gasteiger partial charge on any atom is -0.464 e. The largest absolute Gasteiger partial charge is 0.464 e. The normalized spacial score (nSPS) is 29.7. The molecule has 1 heterocycles. The summed E-state index contributed by atoms with van der Waals surface area (Å²) >= 11 is 0. The summed E-state index contributed by atoms with van der Waals surface area (Å²) in [6.45, 7) is 7.00. The Morgan fingerprint density at radius 1 is 1.37 bits per heavy atom. The van der Waals surface area contributed by atoms with E-state index in [0.717, 1.165) is 43.3 Å². The molecule has 0 spiro atoms. The highest BCUT2D eigenvalue weighted by molar-refractivity contribution is 5.12. The van der Waals surface area contributed by atoms with Crippen molar-refractivity contribution in [1.82, 2.24) is 0 Å². The first-order valence-corrected chi connectivity index (χ1v) is 7.43. The van der Waals surface area contributed by atoms with Crippen LogP contribution in [0.3, 0.4) is 0 Å². The van der Waals surface area contributed by atoms with Gasteiger partial charge < -0.3 is 15.3 Å². The standard InChI is InChI=1S/C16H27NO2/c1-11(2)13-6-8-16(10-17,9-7-13)15(18)14-5-4-12(3)19-14/h4-5,11,13,15,18H,6-10,17H2,1-3H3. The molecule has 1 aromatic rings. The summed E-state index contributed by atoms with van der Waals surface area (Å²) in [6.07, 6.45) is 3.73. The number of aryl methyl sites for hydroxylation is 1. The lowest BCUT2D eigenvalue weighted by molar-refractivity contribution is -0.0272. The van der Waals surface area contributed by atoms with E-state index in [-0.39, 0.29) is 5.41 Å². The lowest BCUT2D eigenvalue weighted by atomic mass is 9.65. The quantitative estimate of drug-likeness (QED) is 0.877. The average molecular weight is 265 g/mol. The fourth-order valence-electron chi connectivity index (χ4n) is 3.37. The summed E-state index contributed by atoms with van der Waals surface area (Å²) in [6, 6.07) is 3.79. The van der Waals surface area contributed by atoms with Gasteiger partial charge in [-0.3, -0.25) is 0 Å². The number of rotatable bonds is 4. The van der Waals surface area contributed by atoms with Crippen LogP contribution >= 0.6 is 0 Å². The van der Waals surface area contributed by atoms with E-state index in [0.29, 0.717) is 12.3 Å². The molecule has 1 aliphatic carbocycles. The second kappa shape index (κ2) is 5.68. The zero-order chi connectivity index (χ0) is 14.0. The summed E-state index contributed by atoms with van der Waals surface area (Å²) in [5.41, 5.74) is 5.80. The molecule has 2 rings (SSSR count). The summed E-state index contributed by atoms with van der Waals surface area (Å²) in [4.78, 5) is 0. The second-order valence-electron chi connectivity index (χ2n) is 6.50. The minimum atomic E-state index is -0.570. The van der Waals surface area contributed by atoms with E-state index in [9.17, 15) is 5.11 Å². The molecule has 0 bridgehead atoms. The lowest BCUT2D eigenvalue weighted by Gasteiger charge is -2.43. The maximum absolute atomic E-state index is 10.7. The molecule has 0 amide bonds. The van der Waals surface area contributed by atoms with Crippen LogP contribution in [0.2, 0.25) is 0 Å². The van der Waals surface area contributed by atoms with Crippen LogP contribution in [0.4, 0.5) is 0 Å². The topological polar surface area (TPSA) is 59.4 Å². The molecule has 3 nitrogen and oxygen atoms in total. The number of hydrogen-bond acceptors (Lipinski definition) is 3. The molecule has 1 atom stereocenters. The number of hydrogen-bond donors (Lipinski definition) is 2. The predicted molar refractivity (Wildman–Crippen MR) is 76.7 cm³/mol. The highest BCUT2D eigenvalue weighted by Gasteiger charge is 2.42. The summed E-state index contributed by atoms with van der Waals surface area (Å²) in [5, 5.41) is 10.7. The third kappa shape index (κ3) is 2.87. The van der Waals surface area contributed by atoms with E-state index in [2.05, 4.69) is 13.8 Å². The van der Waals surface area contributed by atoms with E-state index in [1.165, 1.54) is 0 Å². The maximum atomic E-state index is 10.7. The van der Waals surface area contributed by atoms with Crippen LogP contribution in [0.5, 0.6) is 0 Å². The first-order chi connectivity index (χ1) is 8.98. The molecule has 0 aromatic carbocycles. The first-order valence-electron chi connectivity index (χ1n) is 7.43. The van der Waals surface area contributed by atoms with Crippen LogP contribution in [0.1, 0.15) is 57.2 Å². The molecule has 1 fully saturated rings. The highest BCUT2D eigenvalue weighted by atomic mass is 16.4. The molecule has 108 valence electrons. The van der Waals surface area contributed by atoms with Crippen molar-refractivity contribution in [3.8, 4) is 0 Å². The Kier molecular flexibility index (Phi) is 4.36. The third-order valence-electron chi connectivity index (χ3n) is 4.99. The van der Waals surface area contributed by atoms with Gasteiger partial charge in [0.05, 0.1) is 0 Å². The number of nitrogens with two attached hydrogens (primary N) is 1. The van der Waals surface area contributed by atoms with E-state index in [1.807, 2.05) is 19.1 Å².